The van der Waals surface area contributed by atoms with Crippen LogP contribution in [-0.2, 0) is 24.3 Å². The van der Waals surface area contributed by atoms with Gasteiger partial charge in [-0.25, -0.2) is 9.67 Å². The third-order valence-electron chi connectivity index (χ3n) is 4.50. The number of ether oxygens (including phenoxy) is 1. The molecule has 9 nitrogen and oxygen atoms in total. The minimum absolute atomic E-state index is 0.0207. The SMILES string of the molecule is CCNC(=NCCCNC(=O)c1cccs1)NC1CCc2nc(COC)nn2C1. The molecule has 10 heteroatoms. The highest BCUT2D eigenvalue weighted by atomic mass is 32.1. The average molecular weight is 420 g/mol. The lowest BCUT2D eigenvalue weighted by Crippen LogP contribution is -2.47. The lowest BCUT2D eigenvalue weighted by Gasteiger charge is -2.25. The van der Waals surface area contributed by atoms with E-state index in [9.17, 15) is 4.79 Å². The molecule has 158 valence electrons. The van der Waals surface area contributed by atoms with Crippen molar-refractivity contribution in [1.29, 1.82) is 0 Å². The Hall–Kier alpha value is -2.46. The third kappa shape index (κ3) is 6.26. The molecule has 0 saturated carbocycles. The van der Waals surface area contributed by atoms with Crippen molar-refractivity contribution in [1.82, 2.24) is 30.7 Å². The summed E-state index contributed by atoms with van der Waals surface area (Å²) >= 11 is 1.45. The molecule has 2 aromatic heterocycles. The van der Waals surface area contributed by atoms with Crippen molar-refractivity contribution in [3.05, 3.63) is 34.0 Å². The Morgan fingerprint density at radius 3 is 3.10 bits per heavy atom. The van der Waals surface area contributed by atoms with E-state index < -0.39 is 0 Å². The van der Waals surface area contributed by atoms with Crippen molar-refractivity contribution in [2.75, 3.05) is 26.7 Å². The number of amides is 1. The normalized spacial score (nSPS) is 16.3. The van der Waals surface area contributed by atoms with Crippen LogP contribution in [0, 0.1) is 0 Å². The highest BCUT2D eigenvalue weighted by Crippen LogP contribution is 2.13. The molecule has 1 aliphatic rings. The lowest BCUT2D eigenvalue weighted by molar-refractivity contribution is 0.0957. The summed E-state index contributed by atoms with van der Waals surface area (Å²) in [5.41, 5.74) is 0. The standard InChI is InChI=1S/C19H29N7O2S/c1-3-20-19(22-10-5-9-21-18(27)15-6-4-11-29-15)23-14-7-8-17-24-16(13-28-2)25-26(17)12-14/h4,6,11,14H,3,5,7-10,12-13H2,1-2H3,(H,21,27)(H2,20,22,23). The zero-order chi connectivity index (χ0) is 20.5. The number of carbonyl (C=O) groups excluding carboxylic acids is 1. The van der Waals surface area contributed by atoms with Gasteiger partial charge < -0.3 is 20.7 Å². The summed E-state index contributed by atoms with van der Waals surface area (Å²) in [5, 5.41) is 16.1. The van der Waals surface area contributed by atoms with Gasteiger partial charge in [0.15, 0.2) is 11.8 Å². The molecular weight excluding hydrogens is 390 g/mol. The molecule has 0 saturated heterocycles. The second-order valence-corrected chi connectivity index (χ2v) is 7.73. The second kappa shape index (κ2) is 10.9. The molecule has 0 bridgehead atoms. The summed E-state index contributed by atoms with van der Waals surface area (Å²) in [6.45, 7) is 5.28. The maximum Gasteiger partial charge on any atom is 0.261 e. The van der Waals surface area contributed by atoms with Crippen LogP contribution in [0.4, 0.5) is 0 Å². The molecule has 3 N–H and O–H groups in total. The molecule has 2 aromatic rings. The van der Waals surface area contributed by atoms with Crippen LogP contribution in [0.25, 0.3) is 0 Å². The van der Waals surface area contributed by atoms with Crippen LogP contribution in [0.15, 0.2) is 22.5 Å². The predicted molar refractivity (Wildman–Crippen MR) is 113 cm³/mol. The number of methoxy groups -OCH3 is 1. The Balaban J connectivity index is 1.44. The van der Waals surface area contributed by atoms with Gasteiger partial charge in [-0.3, -0.25) is 9.79 Å². The predicted octanol–water partition coefficient (Wildman–Crippen LogP) is 1.18. The minimum Gasteiger partial charge on any atom is -0.377 e. The summed E-state index contributed by atoms with van der Waals surface area (Å²) in [6.07, 6.45) is 2.64. The number of fused-ring (bicyclic) bond motifs is 1. The number of nitrogens with one attached hydrogen (secondary N) is 3. The van der Waals surface area contributed by atoms with Gasteiger partial charge in [-0.2, -0.15) is 5.10 Å². The van der Waals surface area contributed by atoms with Gasteiger partial charge in [-0.05, 0) is 31.2 Å². The Morgan fingerprint density at radius 2 is 2.34 bits per heavy atom. The lowest BCUT2D eigenvalue weighted by atomic mass is 10.1. The summed E-state index contributed by atoms with van der Waals surface area (Å²) in [6, 6.07) is 3.95. The van der Waals surface area contributed by atoms with Crippen LogP contribution in [0.2, 0.25) is 0 Å². The van der Waals surface area contributed by atoms with Crippen molar-refractivity contribution < 1.29 is 9.53 Å². The summed E-state index contributed by atoms with van der Waals surface area (Å²) in [5.74, 6) is 2.52. The fraction of sp³-hybridized carbons (Fsp3) is 0.579. The molecule has 1 amide bonds. The number of aryl methyl sites for hydroxylation is 1. The molecule has 0 aliphatic carbocycles. The largest absolute Gasteiger partial charge is 0.377 e. The fourth-order valence-electron chi connectivity index (χ4n) is 3.15. The van der Waals surface area contributed by atoms with E-state index >= 15 is 0 Å². The van der Waals surface area contributed by atoms with Gasteiger partial charge in [0, 0.05) is 39.2 Å². The van der Waals surface area contributed by atoms with Crippen LogP contribution < -0.4 is 16.0 Å². The number of aromatic nitrogens is 3. The summed E-state index contributed by atoms with van der Waals surface area (Å²) in [4.78, 5) is 21.8. The van der Waals surface area contributed by atoms with E-state index in [-0.39, 0.29) is 11.9 Å². The maximum absolute atomic E-state index is 11.9. The van der Waals surface area contributed by atoms with E-state index in [0.717, 1.165) is 54.8 Å². The van der Waals surface area contributed by atoms with Crippen molar-refractivity contribution in [3.63, 3.8) is 0 Å². The van der Waals surface area contributed by atoms with E-state index in [1.807, 2.05) is 29.1 Å². The van der Waals surface area contributed by atoms with E-state index in [4.69, 9.17) is 4.74 Å². The van der Waals surface area contributed by atoms with Crippen LogP contribution in [0.1, 0.15) is 41.1 Å². The zero-order valence-corrected chi connectivity index (χ0v) is 17.8. The van der Waals surface area contributed by atoms with Gasteiger partial charge in [0.05, 0.1) is 11.4 Å². The highest BCUT2D eigenvalue weighted by molar-refractivity contribution is 7.12. The first-order chi connectivity index (χ1) is 14.2. The second-order valence-electron chi connectivity index (χ2n) is 6.79. The van der Waals surface area contributed by atoms with Crippen LogP contribution in [0.5, 0.6) is 0 Å². The molecule has 3 rings (SSSR count). The summed E-state index contributed by atoms with van der Waals surface area (Å²) in [7, 11) is 1.65. The number of thiophene rings is 1. The third-order valence-corrected chi connectivity index (χ3v) is 5.36. The van der Waals surface area contributed by atoms with E-state index in [1.54, 1.807) is 7.11 Å². The fourth-order valence-corrected chi connectivity index (χ4v) is 3.79. The average Bonchev–Trinajstić information content (AvgIpc) is 3.37. The quantitative estimate of drug-likeness (QED) is 0.320. The molecule has 0 fully saturated rings. The Labute approximate surface area is 175 Å². The van der Waals surface area contributed by atoms with Gasteiger partial charge >= 0.3 is 0 Å². The van der Waals surface area contributed by atoms with Crippen LogP contribution >= 0.6 is 11.3 Å². The van der Waals surface area contributed by atoms with Crippen molar-refractivity contribution >= 4 is 23.2 Å². The van der Waals surface area contributed by atoms with Gasteiger partial charge in [0.1, 0.15) is 12.4 Å². The minimum atomic E-state index is -0.0207. The highest BCUT2D eigenvalue weighted by Gasteiger charge is 2.22. The van der Waals surface area contributed by atoms with Crippen molar-refractivity contribution in [2.45, 2.75) is 45.4 Å². The zero-order valence-electron chi connectivity index (χ0n) is 17.0. The molecule has 3 heterocycles. The molecule has 1 unspecified atom stereocenters. The van der Waals surface area contributed by atoms with Crippen LogP contribution in [-0.4, -0.2) is 59.4 Å². The van der Waals surface area contributed by atoms with Crippen molar-refractivity contribution in [3.8, 4) is 0 Å². The Bertz CT molecular complexity index is 804. The molecule has 1 aliphatic heterocycles. The Morgan fingerprint density at radius 1 is 1.45 bits per heavy atom. The molecule has 1 atom stereocenters. The van der Waals surface area contributed by atoms with Crippen molar-refractivity contribution in [2.24, 2.45) is 4.99 Å². The van der Waals surface area contributed by atoms with Gasteiger partial charge in [0.25, 0.3) is 5.91 Å². The van der Waals surface area contributed by atoms with E-state index in [2.05, 4.69) is 31.0 Å². The monoisotopic (exact) mass is 419 g/mol. The number of hydrogen-bond donors (Lipinski definition) is 3. The first-order valence-electron chi connectivity index (χ1n) is 9.97. The molecule has 29 heavy (non-hydrogen) atoms. The van der Waals surface area contributed by atoms with Crippen LogP contribution in [0.3, 0.4) is 0 Å². The molecule has 0 spiro atoms. The number of nitrogens with zero attached hydrogens (tertiary/aromatic N) is 4. The van der Waals surface area contributed by atoms with Gasteiger partial charge in [-0.1, -0.05) is 6.07 Å². The number of aliphatic imine (C=N–C) groups is 1. The Kier molecular flexibility index (Phi) is 8.00. The number of hydrogen-bond acceptors (Lipinski definition) is 6. The smallest absolute Gasteiger partial charge is 0.261 e. The van der Waals surface area contributed by atoms with Gasteiger partial charge in [-0.15, -0.1) is 11.3 Å². The molecular formula is C19H29N7O2S. The van der Waals surface area contributed by atoms with E-state index in [0.29, 0.717) is 19.7 Å². The first-order valence-corrected chi connectivity index (χ1v) is 10.9. The number of carbonyl (C=O) groups is 1. The van der Waals surface area contributed by atoms with E-state index in [1.165, 1.54) is 11.3 Å². The first kappa shape index (κ1) is 21.3. The number of rotatable bonds is 9. The maximum atomic E-state index is 11.9. The molecule has 0 aromatic carbocycles. The van der Waals surface area contributed by atoms with Gasteiger partial charge in [0.2, 0.25) is 0 Å². The number of guanidine groups is 1. The summed E-state index contributed by atoms with van der Waals surface area (Å²) < 4.78 is 7.08. The topological polar surface area (TPSA) is 105 Å². The molecule has 0 radical (unpaired) electrons.